The number of thioether (sulfide) groups is 1. The van der Waals surface area contributed by atoms with E-state index in [2.05, 4.69) is 11.9 Å². The van der Waals surface area contributed by atoms with E-state index >= 15 is 0 Å². The molecule has 0 aromatic carbocycles. The predicted octanol–water partition coefficient (Wildman–Crippen LogP) is 0.513. The molecule has 0 rings (SSSR count). The van der Waals surface area contributed by atoms with Gasteiger partial charge >= 0.3 is 5.97 Å². The van der Waals surface area contributed by atoms with E-state index in [0.29, 0.717) is 19.8 Å². The average molecular weight is 247 g/mol. The first-order valence-corrected chi connectivity index (χ1v) is 6.07. The van der Waals surface area contributed by atoms with Crippen LogP contribution < -0.4 is 5.32 Å². The number of hydrogen-bond acceptors (Lipinski definition) is 4. The van der Waals surface area contributed by atoms with Gasteiger partial charge in [-0.3, -0.25) is 9.59 Å². The summed E-state index contributed by atoms with van der Waals surface area (Å²) in [5.74, 6) is -0.966. The summed E-state index contributed by atoms with van der Waals surface area (Å²) in [5, 5.41) is 11.0. The van der Waals surface area contributed by atoms with E-state index in [1.165, 1.54) is 0 Å². The Hall–Kier alpha value is -1.01. The van der Waals surface area contributed by atoms with Crippen LogP contribution in [-0.4, -0.2) is 48.2 Å². The van der Waals surface area contributed by atoms with Gasteiger partial charge in [0.25, 0.3) is 0 Å². The first-order chi connectivity index (χ1) is 7.66. The van der Waals surface area contributed by atoms with Crippen LogP contribution in [0.5, 0.6) is 0 Å². The summed E-state index contributed by atoms with van der Waals surface area (Å²) in [6, 6.07) is 0. The highest BCUT2D eigenvalue weighted by Crippen LogP contribution is 1.97. The monoisotopic (exact) mass is 247 g/mol. The van der Waals surface area contributed by atoms with Gasteiger partial charge in [-0.15, -0.1) is 18.3 Å². The largest absolute Gasteiger partial charge is 0.481 e. The molecule has 16 heavy (non-hydrogen) atoms. The summed E-state index contributed by atoms with van der Waals surface area (Å²) in [6.07, 6.45) is 2.56. The molecule has 0 aromatic rings. The van der Waals surface area contributed by atoms with Gasteiger partial charge in [-0.2, -0.15) is 0 Å². The number of ether oxygens (including phenoxy) is 1. The van der Waals surface area contributed by atoms with Crippen molar-refractivity contribution in [1.82, 2.24) is 5.32 Å². The molecule has 0 radical (unpaired) electrons. The molecule has 6 heteroatoms. The fourth-order valence-electron chi connectivity index (χ4n) is 0.813. The van der Waals surface area contributed by atoms with Crippen molar-refractivity contribution in [3.63, 3.8) is 0 Å². The van der Waals surface area contributed by atoms with Crippen LogP contribution in [0.1, 0.15) is 6.42 Å². The SMILES string of the molecule is C=CCCOCCNC(=O)CSCC(=O)O. The maximum atomic E-state index is 11.1. The molecule has 0 saturated heterocycles. The Morgan fingerprint density at radius 3 is 2.75 bits per heavy atom. The number of hydrogen-bond donors (Lipinski definition) is 2. The smallest absolute Gasteiger partial charge is 0.313 e. The first-order valence-electron chi connectivity index (χ1n) is 4.91. The van der Waals surface area contributed by atoms with Crippen molar-refractivity contribution in [2.24, 2.45) is 0 Å². The molecule has 0 aromatic heterocycles. The van der Waals surface area contributed by atoms with Gasteiger partial charge in [-0.05, 0) is 6.42 Å². The Morgan fingerprint density at radius 2 is 2.12 bits per heavy atom. The van der Waals surface area contributed by atoms with Crippen LogP contribution >= 0.6 is 11.8 Å². The van der Waals surface area contributed by atoms with E-state index in [9.17, 15) is 9.59 Å². The normalized spacial score (nSPS) is 9.75. The van der Waals surface area contributed by atoms with Crippen molar-refractivity contribution >= 4 is 23.6 Å². The highest BCUT2D eigenvalue weighted by atomic mass is 32.2. The molecule has 1 amide bonds. The van der Waals surface area contributed by atoms with E-state index in [0.717, 1.165) is 18.2 Å². The number of aliphatic carboxylic acids is 1. The molecular weight excluding hydrogens is 230 g/mol. The van der Waals surface area contributed by atoms with E-state index in [1.54, 1.807) is 6.08 Å². The Labute approximate surface area is 99.2 Å². The Morgan fingerprint density at radius 1 is 1.38 bits per heavy atom. The van der Waals surface area contributed by atoms with Crippen molar-refractivity contribution in [2.75, 3.05) is 31.3 Å². The van der Waals surface area contributed by atoms with Crippen LogP contribution in [0.3, 0.4) is 0 Å². The maximum absolute atomic E-state index is 11.1. The highest BCUT2D eigenvalue weighted by molar-refractivity contribution is 8.00. The van der Waals surface area contributed by atoms with Gasteiger partial charge in [0, 0.05) is 6.54 Å². The van der Waals surface area contributed by atoms with Crippen molar-refractivity contribution in [2.45, 2.75) is 6.42 Å². The topological polar surface area (TPSA) is 75.6 Å². The van der Waals surface area contributed by atoms with Gasteiger partial charge in [-0.1, -0.05) is 6.08 Å². The molecule has 92 valence electrons. The van der Waals surface area contributed by atoms with Crippen molar-refractivity contribution in [3.8, 4) is 0 Å². The summed E-state index contributed by atoms with van der Waals surface area (Å²) < 4.78 is 5.18. The molecule has 0 unspecified atom stereocenters. The lowest BCUT2D eigenvalue weighted by molar-refractivity contribution is -0.133. The Balaban J connectivity index is 3.23. The number of carboxylic acids is 1. The zero-order valence-corrected chi connectivity index (χ0v) is 9.92. The molecule has 0 atom stereocenters. The van der Waals surface area contributed by atoms with E-state index in [-0.39, 0.29) is 17.4 Å². The highest BCUT2D eigenvalue weighted by Gasteiger charge is 2.02. The number of carbonyl (C=O) groups excluding carboxylic acids is 1. The molecule has 0 fully saturated rings. The predicted molar refractivity (Wildman–Crippen MR) is 63.6 cm³/mol. The average Bonchev–Trinajstić information content (AvgIpc) is 2.22. The van der Waals surface area contributed by atoms with E-state index in [4.69, 9.17) is 9.84 Å². The van der Waals surface area contributed by atoms with Gasteiger partial charge in [0.05, 0.1) is 24.7 Å². The lowest BCUT2D eigenvalue weighted by Gasteiger charge is -2.04. The fraction of sp³-hybridized carbons (Fsp3) is 0.600. The zero-order chi connectivity index (χ0) is 12.2. The van der Waals surface area contributed by atoms with Crippen molar-refractivity contribution in [1.29, 1.82) is 0 Å². The van der Waals surface area contributed by atoms with E-state index in [1.807, 2.05) is 0 Å². The molecule has 5 nitrogen and oxygen atoms in total. The molecule has 0 aliphatic heterocycles. The molecule has 0 heterocycles. The quantitative estimate of drug-likeness (QED) is 0.434. The summed E-state index contributed by atoms with van der Waals surface area (Å²) >= 11 is 1.08. The minimum atomic E-state index is -0.912. The van der Waals surface area contributed by atoms with Gasteiger partial charge in [0.2, 0.25) is 5.91 Å². The van der Waals surface area contributed by atoms with Crippen LogP contribution in [0.15, 0.2) is 12.7 Å². The van der Waals surface area contributed by atoms with Crippen molar-refractivity contribution < 1.29 is 19.4 Å². The summed E-state index contributed by atoms with van der Waals surface area (Å²) in [7, 11) is 0. The van der Waals surface area contributed by atoms with Crippen LogP contribution in [0.4, 0.5) is 0 Å². The second-order valence-electron chi connectivity index (χ2n) is 2.93. The van der Waals surface area contributed by atoms with Crippen molar-refractivity contribution in [3.05, 3.63) is 12.7 Å². The molecule has 0 saturated carbocycles. The fourth-order valence-corrected chi connectivity index (χ4v) is 1.38. The second kappa shape index (κ2) is 10.5. The number of rotatable bonds is 10. The Kier molecular flexibility index (Phi) is 9.84. The lowest BCUT2D eigenvalue weighted by atomic mass is 10.4. The van der Waals surface area contributed by atoms with Gasteiger partial charge in [-0.25, -0.2) is 0 Å². The number of amides is 1. The third-order valence-corrected chi connectivity index (χ3v) is 2.41. The van der Waals surface area contributed by atoms with Gasteiger partial charge in [0.1, 0.15) is 0 Å². The minimum absolute atomic E-state index is 0.0523. The van der Waals surface area contributed by atoms with Crippen LogP contribution in [0.2, 0.25) is 0 Å². The number of carbonyl (C=O) groups is 2. The molecule has 0 aliphatic carbocycles. The summed E-state index contributed by atoms with van der Waals surface area (Å²) in [4.78, 5) is 21.3. The molecule has 0 spiro atoms. The first kappa shape index (κ1) is 15.0. The zero-order valence-electron chi connectivity index (χ0n) is 9.11. The van der Waals surface area contributed by atoms with Crippen LogP contribution in [-0.2, 0) is 14.3 Å². The van der Waals surface area contributed by atoms with Crippen LogP contribution in [0, 0.1) is 0 Å². The summed E-state index contributed by atoms with van der Waals surface area (Å²) in [6.45, 7) is 5.07. The van der Waals surface area contributed by atoms with E-state index < -0.39 is 5.97 Å². The number of nitrogens with one attached hydrogen (secondary N) is 1. The third-order valence-electron chi connectivity index (χ3n) is 1.49. The second-order valence-corrected chi connectivity index (χ2v) is 3.91. The molecule has 0 aliphatic rings. The Bertz CT molecular complexity index is 233. The molecule has 0 bridgehead atoms. The number of carboxylic acid groups (broad SMARTS) is 1. The van der Waals surface area contributed by atoms with Gasteiger partial charge in [0.15, 0.2) is 0 Å². The van der Waals surface area contributed by atoms with Gasteiger partial charge < -0.3 is 15.2 Å². The molecular formula is C10H17NO4S. The lowest BCUT2D eigenvalue weighted by Crippen LogP contribution is -2.29. The summed E-state index contributed by atoms with van der Waals surface area (Å²) in [5.41, 5.74) is 0. The standard InChI is InChI=1S/C10H17NO4S/c1-2-3-5-15-6-4-11-9(12)7-16-8-10(13)14/h2H,1,3-8H2,(H,11,12)(H,13,14). The third kappa shape index (κ3) is 11.1. The van der Waals surface area contributed by atoms with Crippen LogP contribution in [0.25, 0.3) is 0 Å². The maximum Gasteiger partial charge on any atom is 0.313 e. The minimum Gasteiger partial charge on any atom is -0.481 e. The molecule has 2 N–H and O–H groups in total.